The Bertz CT molecular complexity index is 878. The zero-order chi connectivity index (χ0) is 21.6. The largest absolute Gasteiger partial charge is 0.356 e. The molecule has 6 nitrogen and oxygen atoms in total. The lowest BCUT2D eigenvalue weighted by Gasteiger charge is -2.34. The summed E-state index contributed by atoms with van der Waals surface area (Å²) in [6.45, 7) is 9.81. The van der Waals surface area contributed by atoms with E-state index in [2.05, 4.69) is 56.3 Å². The average molecular weight is 422 g/mol. The van der Waals surface area contributed by atoms with Gasteiger partial charge < -0.3 is 10.2 Å². The van der Waals surface area contributed by atoms with Crippen molar-refractivity contribution in [3.8, 4) is 0 Å². The van der Waals surface area contributed by atoms with Gasteiger partial charge in [0, 0.05) is 38.1 Å². The quantitative estimate of drug-likeness (QED) is 0.775. The number of aryl methyl sites for hydroxylation is 2. The number of nitrogens with zero attached hydrogens (tertiary/aromatic N) is 4. The van der Waals surface area contributed by atoms with Gasteiger partial charge in [-0.15, -0.1) is 0 Å². The van der Waals surface area contributed by atoms with Gasteiger partial charge in [0.2, 0.25) is 11.9 Å². The minimum Gasteiger partial charge on any atom is -0.356 e. The van der Waals surface area contributed by atoms with Crippen LogP contribution in [0.4, 0.5) is 5.95 Å². The van der Waals surface area contributed by atoms with Crippen LogP contribution in [-0.2, 0) is 11.3 Å². The number of rotatable bonds is 6. The molecule has 1 atom stereocenters. The summed E-state index contributed by atoms with van der Waals surface area (Å²) in [5.74, 6) is 1.55. The zero-order valence-corrected chi connectivity index (χ0v) is 18.9. The maximum Gasteiger partial charge on any atom is 0.225 e. The number of aromatic nitrogens is 2. The lowest BCUT2D eigenvalue weighted by molar-refractivity contribution is -0.125. The highest BCUT2D eigenvalue weighted by Crippen LogP contribution is 2.22. The van der Waals surface area contributed by atoms with Crippen LogP contribution in [0, 0.1) is 25.7 Å². The van der Waals surface area contributed by atoms with Crippen molar-refractivity contribution in [1.29, 1.82) is 0 Å². The molecule has 4 rings (SSSR count). The Hall–Kier alpha value is -2.47. The molecule has 1 aromatic heterocycles. The first-order valence-electron chi connectivity index (χ1n) is 11.7. The van der Waals surface area contributed by atoms with Crippen molar-refractivity contribution in [2.45, 2.75) is 46.1 Å². The highest BCUT2D eigenvalue weighted by atomic mass is 16.1. The lowest BCUT2D eigenvalue weighted by Crippen LogP contribution is -2.45. The fourth-order valence-corrected chi connectivity index (χ4v) is 4.77. The lowest BCUT2D eigenvalue weighted by atomic mass is 9.94. The molecule has 6 heteroatoms. The van der Waals surface area contributed by atoms with E-state index in [1.54, 1.807) is 6.20 Å². The average Bonchev–Trinajstić information content (AvgIpc) is 2.78. The summed E-state index contributed by atoms with van der Waals surface area (Å²) in [7, 11) is 0. The standard InChI is InChI=1S/C25H35N5O/c1-19-5-3-6-22(15-19)17-29-13-9-21(10-14-29)16-27-24(31)23-7-4-12-30(18-23)25-26-11-8-20(2)28-25/h3,5-6,8,11,15,21,23H,4,7,9-10,12-14,16-18H2,1-2H3,(H,27,31)/t23-/m0/s1. The molecule has 166 valence electrons. The van der Waals surface area contributed by atoms with Crippen LogP contribution in [0.3, 0.4) is 0 Å². The number of nitrogens with one attached hydrogen (secondary N) is 1. The summed E-state index contributed by atoms with van der Waals surface area (Å²) in [6.07, 6.45) is 6.06. The first-order chi connectivity index (χ1) is 15.1. The normalized spacial score (nSPS) is 20.6. The Morgan fingerprint density at radius 2 is 1.97 bits per heavy atom. The third-order valence-electron chi connectivity index (χ3n) is 6.62. The van der Waals surface area contributed by atoms with Crippen molar-refractivity contribution in [2.75, 3.05) is 37.6 Å². The number of benzene rings is 1. The summed E-state index contributed by atoms with van der Waals surface area (Å²) in [5, 5.41) is 3.25. The van der Waals surface area contributed by atoms with Gasteiger partial charge in [0.25, 0.3) is 0 Å². The minimum atomic E-state index is 0.0271. The molecule has 1 amide bonds. The van der Waals surface area contributed by atoms with Crippen LogP contribution < -0.4 is 10.2 Å². The van der Waals surface area contributed by atoms with Crippen molar-refractivity contribution >= 4 is 11.9 Å². The number of hydrogen-bond acceptors (Lipinski definition) is 5. The molecular formula is C25H35N5O. The van der Waals surface area contributed by atoms with Gasteiger partial charge in [0.1, 0.15) is 0 Å². The fraction of sp³-hybridized carbons (Fsp3) is 0.560. The molecule has 3 heterocycles. The number of likely N-dealkylation sites (tertiary alicyclic amines) is 1. The molecule has 31 heavy (non-hydrogen) atoms. The molecule has 1 N–H and O–H groups in total. The third kappa shape index (κ3) is 6.03. The molecule has 0 bridgehead atoms. The molecule has 0 aliphatic carbocycles. The molecular weight excluding hydrogens is 386 g/mol. The summed E-state index contributed by atoms with van der Waals surface area (Å²) < 4.78 is 0. The van der Waals surface area contributed by atoms with E-state index in [1.807, 2.05) is 13.0 Å². The van der Waals surface area contributed by atoms with Crippen molar-refractivity contribution in [1.82, 2.24) is 20.2 Å². The number of piperidine rings is 2. The van der Waals surface area contributed by atoms with Crippen molar-refractivity contribution in [2.24, 2.45) is 11.8 Å². The third-order valence-corrected chi connectivity index (χ3v) is 6.62. The Morgan fingerprint density at radius 3 is 2.74 bits per heavy atom. The van der Waals surface area contributed by atoms with Crippen molar-refractivity contribution in [3.05, 3.63) is 53.3 Å². The monoisotopic (exact) mass is 421 g/mol. The van der Waals surface area contributed by atoms with Gasteiger partial charge in [-0.05, 0) is 70.2 Å². The summed E-state index contributed by atoms with van der Waals surface area (Å²) >= 11 is 0. The van der Waals surface area contributed by atoms with Crippen LogP contribution in [0.25, 0.3) is 0 Å². The summed E-state index contributed by atoms with van der Waals surface area (Å²) in [5.41, 5.74) is 3.68. The van der Waals surface area contributed by atoms with Crippen LogP contribution in [0.5, 0.6) is 0 Å². The van der Waals surface area contributed by atoms with E-state index in [0.717, 1.165) is 70.0 Å². The molecule has 2 aliphatic rings. The summed E-state index contributed by atoms with van der Waals surface area (Å²) in [4.78, 5) is 26.5. The molecule has 2 aliphatic heterocycles. The van der Waals surface area contributed by atoms with Crippen LogP contribution in [-0.4, -0.2) is 53.5 Å². The Kier molecular flexibility index (Phi) is 7.17. The van der Waals surface area contributed by atoms with Crippen LogP contribution in [0.15, 0.2) is 36.5 Å². The van der Waals surface area contributed by atoms with E-state index in [0.29, 0.717) is 12.5 Å². The summed E-state index contributed by atoms with van der Waals surface area (Å²) in [6, 6.07) is 10.7. The smallest absolute Gasteiger partial charge is 0.225 e. The molecule has 0 radical (unpaired) electrons. The highest BCUT2D eigenvalue weighted by molar-refractivity contribution is 5.79. The van der Waals surface area contributed by atoms with Crippen LogP contribution in [0.2, 0.25) is 0 Å². The molecule has 2 saturated heterocycles. The van der Waals surface area contributed by atoms with E-state index >= 15 is 0 Å². The van der Waals surface area contributed by atoms with E-state index in [1.165, 1.54) is 11.1 Å². The molecule has 2 aromatic rings. The first kappa shape index (κ1) is 21.8. The number of carbonyl (C=O) groups excluding carboxylic acids is 1. The topological polar surface area (TPSA) is 61.4 Å². The molecule has 0 saturated carbocycles. The van der Waals surface area contributed by atoms with Crippen molar-refractivity contribution < 1.29 is 4.79 Å². The van der Waals surface area contributed by atoms with Gasteiger partial charge in [-0.3, -0.25) is 9.69 Å². The van der Waals surface area contributed by atoms with Gasteiger partial charge in [0.15, 0.2) is 0 Å². The van der Waals surface area contributed by atoms with Gasteiger partial charge >= 0.3 is 0 Å². The number of anilines is 1. The number of carbonyl (C=O) groups is 1. The van der Waals surface area contributed by atoms with E-state index in [9.17, 15) is 4.79 Å². The SMILES string of the molecule is Cc1cccc(CN2CCC(CNC(=O)[C@H]3CCCN(c4nccc(C)n4)C3)CC2)c1. The molecule has 1 aromatic carbocycles. The van der Waals surface area contributed by atoms with Gasteiger partial charge in [-0.2, -0.15) is 0 Å². The van der Waals surface area contributed by atoms with Crippen molar-refractivity contribution in [3.63, 3.8) is 0 Å². The second-order valence-electron chi connectivity index (χ2n) is 9.24. The van der Waals surface area contributed by atoms with E-state index < -0.39 is 0 Å². The minimum absolute atomic E-state index is 0.0271. The fourth-order valence-electron chi connectivity index (χ4n) is 4.77. The molecule has 2 fully saturated rings. The molecule has 0 unspecified atom stereocenters. The second kappa shape index (κ2) is 10.2. The maximum atomic E-state index is 12.8. The Morgan fingerprint density at radius 1 is 1.13 bits per heavy atom. The van der Waals surface area contributed by atoms with Crippen LogP contribution in [0.1, 0.15) is 42.5 Å². The predicted molar refractivity (Wildman–Crippen MR) is 124 cm³/mol. The predicted octanol–water partition coefficient (Wildman–Crippen LogP) is 3.34. The number of amides is 1. The first-order valence-corrected chi connectivity index (χ1v) is 11.7. The molecule has 0 spiro atoms. The Labute approximate surface area is 186 Å². The van der Waals surface area contributed by atoms with Gasteiger partial charge in [0.05, 0.1) is 5.92 Å². The van der Waals surface area contributed by atoms with E-state index in [4.69, 9.17) is 0 Å². The Balaban J connectivity index is 1.20. The van der Waals surface area contributed by atoms with Crippen LogP contribution >= 0.6 is 0 Å². The number of hydrogen-bond donors (Lipinski definition) is 1. The maximum absolute atomic E-state index is 12.8. The van der Waals surface area contributed by atoms with Gasteiger partial charge in [-0.25, -0.2) is 9.97 Å². The highest BCUT2D eigenvalue weighted by Gasteiger charge is 2.28. The van der Waals surface area contributed by atoms with Gasteiger partial charge in [-0.1, -0.05) is 29.8 Å². The second-order valence-corrected chi connectivity index (χ2v) is 9.24. The van der Waals surface area contributed by atoms with E-state index in [-0.39, 0.29) is 11.8 Å². The zero-order valence-electron chi connectivity index (χ0n) is 18.9.